The van der Waals surface area contributed by atoms with Crippen molar-refractivity contribution in [2.45, 2.75) is 19.3 Å². The maximum atomic E-state index is 9.52. The molecule has 1 atom stereocenters. The summed E-state index contributed by atoms with van der Waals surface area (Å²) in [5, 5.41) is 12.5. The number of rotatable bonds is 2. The molecule has 0 aliphatic carbocycles. The third-order valence-electron chi connectivity index (χ3n) is 1.98. The molecular weight excluding hydrogens is 172 g/mol. The number of oxazole rings is 1. The Bertz CT molecular complexity index is 298. The summed E-state index contributed by atoms with van der Waals surface area (Å²) in [7, 11) is 1.58. The fourth-order valence-electron chi connectivity index (χ4n) is 1.41. The van der Waals surface area contributed by atoms with E-state index in [9.17, 15) is 5.11 Å². The summed E-state index contributed by atoms with van der Waals surface area (Å²) in [6.45, 7) is 1.51. The third-order valence-corrected chi connectivity index (χ3v) is 1.98. The molecule has 0 saturated heterocycles. The molecule has 0 radical (unpaired) electrons. The molecule has 0 fully saturated rings. The molecule has 0 saturated carbocycles. The fraction of sp³-hybridized carbons (Fsp3) is 0.625. The summed E-state index contributed by atoms with van der Waals surface area (Å²) >= 11 is 0. The molecule has 0 spiro atoms. The highest BCUT2D eigenvalue weighted by Crippen LogP contribution is 2.22. The van der Waals surface area contributed by atoms with Crippen molar-refractivity contribution in [2.75, 3.05) is 13.7 Å². The molecule has 5 heteroatoms. The minimum absolute atomic E-state index is 0.347. The second kappa shape index (κ2) is 3.45. The lowest BCUT2D eigenvalue weighted by atomic mass is 10.1. The Labute approximate surface area is 75.7 Å². The molecule has 2 N–H and O–H groups in total. The van der Waals surface area contributed by atoms with Crippen LogP contribution in [0.25, 0.3) is 0 Å². The zero-order valence-electron chi connectivity index (χ0n) is 7.41. The van der Waals surface area contributed by atoms with E-state index in [2.05, 4.69) is 10.3 Å². The van der Waals surface area contributed by atoms with Gasteiger partial charge in [0.25, 0.3) is 0 Å². The van der Waals surface area contributed by atoms with Gasteiger partial charge in [0, 0.05) is 13.7 Å². The van der Waals surface area contributed by atoms with E-state index in [1.807, 2.05) is 0 Å². The predicted octanol–water partition coefficient (Wildman–Crippen LogP) is -0.0424. The number of nitrogens with zero attached hydrogens (tertiary/aromatic N) is 1. The van der Waals surface area contributed by atoms with E-state index in [1.165, 1.54) is 0 Å². The molecule has 13 heavy (non-hydrogen) atoms. The van der Waals surface area contributed by atoms with Gasteiger partial charge in [0.05, 0.1) is 6.54 Å². The maximum absolute atomic E-state index is 9.52. The predicted molar refractivity (Wildman–Crippen MR) is 43.9 cm³/mol. The van der Waals surface area contributed by atoms with Crippen LogP contribution in [0.5, 0.6) is 0 Å². The van der Waals surface area contributed by atoms with Crippen LogP contribution in [-0.2, 0) is 17.9 Å². The Morgan fingerprint density at radius 2 is 2.62 bits per heavy atom. The van der Waals surface area contributed by atoms with E-state index in [-0.39, 0.29) is 0 Å². The van der Waals surface area contributed by atoms with Crippen molar-refractivity contribution in [3.8, 4) is 0 Å². The zero-order valence-corrected chi connectivity index (χ0v) is 7.41. The number of β-amino-alcohol motifs (C(OH)–C–C–N with tert-alkyl or cyclic N) is 1. The van der Waals surface area contributed by atoms with E-state index < -0.39 is 6.10 Å². The van der Waals surface area contributed by atoms with E-state index in [1.54, 1.807) is 7.11 Å². The summed E-state index contributed by atoms with van der Waals surface area (Å²) in [5.74, 6) is 1.24. The average Bonchev–Trinajstić information content (AvgIpc) is 2.49. The lowest BCUT2D eigenvalue weighted by Gasteiger charge is -2.15. The van der Waals surface area contributed by atoms with Crippen molar-refractivity contribution in [3.63, 3.8) is 0 Å². The van der Waals surface area contributed by atoms with Gasteiger partial charge in [-0.25, -0.2) is 4.98 Å². The molecule has 0 bridgehead atoms. The number of methoxy groups -OCH3 is 1. The van der Waals surface area contributed by atoms with Gasteiger partial charge < -0.3 is 19.6 Å². The largest absolute Gasteiger partial charge is 0.441 e. The molecule has 1 aliphatic rings. The van der Waals surface area contributed by atoms with Crippen LogP contribution in [0.15, 0.2) is 4.42 Å². The van der Waals surface area contributed by atoms with E-state index in [0.29, 0.717) is 37.0 Å². The van der Waals surface area contributed by atoms with Crippen LogP contribution in [0.4, 0.5) is 0 Å². The zero-order chi connectivity index (χ0) is 9.26. The first kappa shape index (κ1) is 8.68. The molecule has 2 heterocycles. The highest BCUT2D eigenvalue weighted by molar-refractivity contribution is 5.15. The highest BCUT2D eigenvalue weighted by atomic mass is 16.5. The van der Waals surface area contributed by atoms with Gasteiger partial charge in [-0.3, -0.25) is 0 Å². The van der Waals surface area contributed by atoms with Crippen LogP contribution in [0, 0.1) is 0 Å². The van der Waals surface area contributed by atoms with Crippen LogP contribution < -0.4 is 5.32 Å². The lowest BCUT2D eigenvalue weighted by Crippen LogP contribution is -2.27. The number of aliphatic hydroxyl groups excluding tert-OH is 1. The number of aliphatic hydroxyl groups is 1. The van der Waals surface area contributed by atoms with Crippen molar-refractivity contribution in [3.05, 3.63) is 17.3 Å². The summed E-state index contributed by atoms with van der Waals surface area (Å²) < 4.78 is 10.2. The van der Waals surface area contributed by atoms with Crippen LogP contribution >= 0.6 is 0 Å². The Balaban J connectivity index is 2.25. The van der Waals surface area contributed by atoms with Gasteiger partial charge in [-0.05, 0) is 0 Å². The molecule has 1 aromatic rings. The number of hydrogen-bond acceptors (Lipinski definition) is 5. The Kier molecular flexibility index (Phi) is 2.30. The Morgan fingerprint density at radius 3 is 3.31 bits per heavy atom. The third kappa shape index (κ3) is 1.58. The topological polar surface area (TPSA) is 67.5 Å². The van der Waals surface area contributed by atoms with Gasteiger partial charge in [0.1, 0.15) is 24.2 Å². The molecule has 0 amide bonds. The monoisotopic (exact) mass is 184 g/mol. The van der Waals surface area contributed by atoms with Gasteiger partial charge >= 0.3 is 0 Å². The van der Waals surface area contributed by atoms with Crippen molar-refractivity contribution < 1.29 is 14.3 Å². The minimum Gasteiger partial charge on any atom is -0.441 e. The van der Waals surface area contributed by atoms with Crippen molar-refractivity contribution in [2.24, 2.45) is 0 Å². The van der Waals surface area contributed by atoms with E-state index in [0.717, 1.165) is 0 Å². The van der Waals surface area contributed by atoms with Crippen molar-refractivity contribution in [1.29, 1.82) is 0 Å². The van der Waals surface area contributed by atoms with Crippen molar-refractivity contribution in [1.82, 2.24) is 10.3 Å². The molecule has 72 valence electrons. The van der Waals surface area contributed by atoms with Crippen LogP contribution in [0.1, 0.15) is 23.4 Å². The highest BCUT2D eigenvalue weighted by Gasteiger charge is 2.23. The van der Waals surface area contributed by atoms with Crippen LogP contribution in [-0.4, -0.2) is 23.7 Å². The van der Waals surface area contributed by atoms with Gasteiger partial charge in [-0.1, -0.05) is 0 Å². The first-order valence-corrected chi connectivity index (χ1v) is 4.17. The van der Waals surface area contributed by atoms with Gasteiger partial charge in [0.2, 0.25) is 5.89 Å². The molecule has 1 aromatic heterocycles. The number of aromatic nitrogens is 1. The molecular formula is C8H12N2O3. The summed E-state index contributed by atoms with van der Waals surface area (Å²) in [4.78, 5) is 4.14. The molecule has 2 rings (SSSR count). The number of hydrogen-bond donors (Lipinski definition) is 2. The number of nitrogens with one attached hydrogen (secondary N) is 1. The molecule has 1 unspecified atom stereocenters. The number of ether oxygens (including phenoxy) is 1. The normalized spacial score (nSPS) is 21.5. The molecule has 5 nitrogen and oxygen atoms in total. The van der Waals surface area contributed by atoms with Gasteiger partial charge in [-0.2, -0.15) is 0 Å². The first-order chi connectivity index (χ1) is 6.31. The number of fused-ring (bicyclic) bond motifs is 1. The van der Waals surface area contributed by atoms with Crippen LogP contribution in [0.3, 0.4) is 0 Å². The standard InChI is InChI=1S/C8H12N2O3/c1-12-4-7-10-8-5(11)2-9-3-6(8)13-7/h5,9,11H,2-4H2,1H3. The molecule has 0 aromatic carbocycles. The van der Waals surface area contributed by atoms with Crippen LogP contribution in [0.2, 0.25) is 0 Å². The minimum atomic E-state index is -0.557. The van der Waals surface area contributed by atoms with Gasteiger partial charge in [-0.15, -0.1) is 0 Å². The second-order valence-electron chi connectivity index (χ2n) is 3.00. The second-order valence-corrected chi connectivity index (χ2v) is 3.00. The lowest BCUT2D eigenvalue weighted by molar-refractivity contribution is 0.154. The Hall–Kier alpha value is -0.910. The maximum Gasteiger partial charge on any atom is 0.220 e. The summed E-state index contributed by atoms with van der Waals surface area (Å²) in [6, 6.07) is 0. The smallest absolute Gasteiger partial charge is 0.220 e. The first-order valence-electron chi connectivity index (χ1n) is 4.17. The van der Waals surface area contributed by atoms with Gasteiger partial charge in [0.15, 0.2) is 0 Å². The SMILES string of the molecule is COCc1nc2c(o1)CNCC2O. The van der Waals surface area contributed by atoms with E-state index >= 15 is 0 Å². The summed E-state index contributed by atoms with van der Waals surface area (Å²) in [5.41, 5.74) is 0.644. The fourth-order valence-corrected chi connectivity index (χ4v) is 1.41. The molecule has 1 aliphatic heterocycles. The summed E-state index contributed by atoms with van der Waals surface area (Å²) in [6.07, 6.45) is -0.557. The van der Waals surface area contributed by atoms with E-state index in [4.69, 9.17) is 9.15 Å². The Morgan fingerprint density at radius 1 is 1.77 bits per heavy atom. The average molecular weight is 184 g/mol. The quantitative estimate of drug-likeness (QED) is 0.675. The van der Waals surface area contributed by atoms with Crippen molar-refractivity contribution >= 4 is 0 Å².